The number of rotatable bonds is 2. The molecule has 52 valence electrons. The Morgan fingerprint density at radius 1 is 1.78 bits per heavy atom. The Balaban J connectivity index is 2.20. The Morgan fingerprint density at radius 3 is 2.67 bits per heavy atom. The van der Waals surface area contributed by atoms with Crippen LogP contribution in [0, 0.1) is 11.8 Å². The molecule has 0 saturated heterocycles. The van der Waals surface area contributed by atoms with Gasteiger partial charge in [0.1, 0.15) is 0 Å². The van der Waals surface area contributed by atoms with Crippen molar-refractivity contribution in [2.75, 3.05) is 7.11 Å². The van der Waals surface area contributed by atoms with E-state index < -0.39 is 0 Å². The van der Waals surface area contributed by atoms with Gasteiger partial charge in [0.15, 0.2) is 0 Å². The van der Waals surface area contributed by atoms with Gasteiger partial charge in [-0.3, -0.25) is 9.63 Å². The Morgan fingerprint density at radius 2 is 2.33 bits per heavy atom. The van der Waals surface area contributed by atoms with E-state index in [0.717, 1.165) is 6.42 Å². The zero-order valence-corrected chi connectivity index (χ0v) is 5.68. The molecular formula is C6H11NO2. The number of carbonyl (C=O) groups excluding carboxylic acids is 1. The van der Waals surface area contributed by atoms with Crippen LogP contribution < -0.4 is 5.48 Å². The zero-order valence-electron chi connectivity index (χ0n) is 5.68. The summed E-state index contributed by atoms with van der Waals surface area (Å²) in [5.41, 5.74) is 2.30. The number of hydrogen-bond acceptors (Lipinski definition) is 2. The molecule has 1 rings (SSSR count). The molecule has 1 fully saturated rings. The van der Waals surface area contributed by atoms with Crippen LogP contribution >= 0.6 is 0 Å². The van der Waals surface area contributed by atoms with Crippen molar-refractivity contribution in [2.24, 2.45) is 11.8 Å². The Bertz CT molecular complexity index is 124. The van der Waals surface area contributed by atoms with Crippen LogP contribution in [0.3, 0.4) is 0 Å². The van der Waals surface area contributed by atoms with Crippen molar-refractivity contribution in [2.45, 2.75) is 13.3 Å². The van der Waals surface area contributed by atoms with E-state index >= 15 is 0 Å². The minimum absolute atomic E-state index is 0.0185. The quantitative estimate of drug-likeness (QED) is 0.545. The number of amides is 1. The lowest BCUT2D eigenvalue weighted by Gasteiger charge is -1.97. The van der Waals surface area contributed by atoms with Crippen LogP contribution in [0.1, 0.15) is 13.3 Å². The molecule has 0 aromatic heterocycles. The maximum atomic E-state index is 10.8. The van der Waals surface area contributed by atoms with E-state index in [9.17, 15) is 4.79 Å². The molecule has 9 heavy (non-hydrogen) atoms. The van der Waals surface area contributed by atoms with E-state index in [1.807, 2.05) is 0 Å². The molecule has 3 nitrogen and oxygen atoms in total. The van der Waals surface area contributed by atoms with Gasteiger partial charge in [0, 0.05) is 5.92 Å². The lowest BCUT2D eigenvalue weighted by molar-refractivity contribution is -0.132. The van der Waals surface area contributed by atoms with Gasteiger partial charge in [0.2, 0.25) is 5.91 Å². The minimum Gasteiger partial charge on any atom is -0.277 e. The normalized spacial score (nSPS) is 31.8. The van der Waals surface area contributed by atoms with Crippen LogP contribution in [0.25, 0.3) is 0 Å². The van der Waals surface area contributed by atoms with Gasteiger partial charge < -0.3 is 0 Å². The first kappa shape index (κ1) is 6.55. The second kappa shape index (κ2) is 2.35. The molecule has 1 aliphatic carbocycles. The van der Waals surface area contributed by atoms with Gasteiger partial charge in [-0.05, 0) is 12.3 Å². The van der Waals surface area contributed by atoms with Gasteiger partial charge in [-0.15, -0.1) is 0 Å². The van der Waals surface area contributed by atoms with E-state index in [-0.39, 0.29) is 11.8 Å². The van der Waals surface area contributed by atoms with E-state index in [4.69, 9.17) is 0 Å². The van der Waals surface area contributed by atoms with Gasteiger partial charge in [0.05, 0.1) is 7.11 Å². The second-order valence-electron chi connectivity index (χ2n) is 2.49. The Kier molecular flexibility index (Phi) is 1.71. The Labute approximate surface area is 54.3 Å². The second-order valence-corrected chi connectivity index (χ2v) is 2.49. The summed E-state index contributed by atoms with van der Waals surface area (Å²) in [4.78, 5) is 15.2. The first-order valence-corrected chi connectivity index (χ1v) is 3.08. The molecule has 3 heteroatoms. The molecule has 0 aromatic rings. The van der Waals surface area contributed by atoms with Crippen LogP contribution in [0.4, 0.5) is 0 Å². The molecule has 2 unspecified atom stereocenters. The summed E-state index contributed by atoms with van der Waals surface area (Å²) in [6.45, 7) is 2.06. The highest BCUT2D eigenvalue weighted by Crippen LogP contribution is 2.37. The third-order valence-electron chi connectivity index (χ3n) is 1.65. The molecule has 1 N–H and O–H groups in total. The van der Waals surface area contributed by atoms with Crippen molar-refractivity contribution in [3.8, 4) is 0 Å². The maximum Gasteiger partial charge on any atom is 0.246 e. The fraction of sp³-hybridized carbons (Fsp3) is 0.833. The molecule has 0 radical (unpaired) electrons. The van der Waals surface area contributed by atoms with Crippen molar-refractivity contribution < 1.29 is 9.63 Å². The molecular weight excluding hydrogens is 118 g/mol. The molecule has 0 aromatic carbocycles. The number of hydroxylamine groups is 1. The predicted octanol–water partition coefficient (Wildman–Crippen LogP) is 0.320. The van der Waals surface area contributed by atoms with Crippen LogP contribution in [0.15, 0.2) is 0 Å². The average molecular weight is 129 g/mol. The van der Waals surface area contributed by atoms with Gasteiger partial charge >= 0.3 is 0 Å². The van der Waals surface area contributed by atoms with Crippen LogP contribution in [-0.4, -0.2) is 13.0 Å². The highest BCUT2D eigenvalue weighted by atomic mass is 16.6. The molecule has 0 bridgehead atoms. The standard InChI is InChI=1S/C6H11NO2/c1-4-3-5(4)6(8)7-9-2/h4-5H,3H2,1-2H3,(H,7,8). The SMILES string of the molecule is CONC(=O)C1CC1C. The Hall–Kier alpha value is -0.570. The average Bonchev–Trinajstić information content (AvgIpc) is 2.47. The predicted molar refractivity (Wildman–Crippen MR) is 32.4 cm³/mol. The first-order valence-electron chi connectivity index (χ1n) is 3.08. The highest BCUT2D eigenvalue weighted by molar-refractivity contribution is 5.80. The summed E-state index contributed by atoms with van der Waals surface area (Å²) >= 11 is 0. The number of nitrogens with one attached hydrogen (secondary N) is 1. The van der Waals surface area contributed by atoms with Crippen molar-refractivity contribution >= 4 is 5.91 Å². The van der Waals surface area contributed by atoms with E-state index in [1.54, 1.807) is 0 Å². The van der Waals surface area contributed by atoms with Gasteiger partial charge in [-0.1, -0.05) is 6.92 Å². The zero-order chi connectivity index (χ0) is 6.85. The minimum atomic E-state index is 0.0185. The fourth-order valence-corrected chi connectivity index (χ4v) is 0.864. The fourth-order valence-electron chi connectivity index (χ4n) is 0.864. The number of carbonyl (C=O) groups is 1. The van der Waals surface area contributed by atoms with Gasteiger partial charge in [-0.2, -0.15) is 0 Å². The summed E-state index contributed by atoms with van der Waals surface area (Å²) in [6, 6.07) is 0. The van der Waals surface area contributed by atoms with Crippen molar-refractivity contribution in [1.29, 1.82) is 0 Å². The van der Waals surface area contributed by atoms with Crippen molar-refractivity contribution in [3.63, 3.8) is 0 Å². The largest absolute Gasteiger partial charge is 0.277 e. The summed E-state index contributed by atoms with van der Waals surface area (Å²) < 4.78 is 0. The summed E-state index contributed by atoms with van der Waals surface area (Å²) in [6.07, 6.45) is 1.01. The van der Waals surface area contributed by atoms with E-state index in [0.29, 0.717) is 5.92 Å². The van der Waals surface area contributed by atoms with Crippen LogP contribution in [0.2, 0.25) is 0 Å². The first-order chi connectivity index (χ1) is 4.25. The summed E-state index contributed by atoms with van der Waals surface area (Å²) in [5.74, 6) is 0.787. The molecule has 0 spiro atoms. The third kappa shape index (κ3) is 1.42. The third-order valence-corrected chi connectivity index (χ3v) is 1.65. The molecule has 0 heterocycles. The monoisotopic (exact) mass is 129 g/mol. The number of hydrogen-bond donors (Lipinski definition) is 1. The molecule has 1 amide bonds. The van der Waals surface area contributed by atoms with Crippen LogP contribution in [0.5, 0.6) is 0 Å². The van der Waals surface area contributed by atoms with E-state index in [2.05, 4.69) is 17.2 Å². The van der Waals surface area contributed by atoms with Gasteiger partial charge in [0.25, 0.3) is 0 Å². The molecule has 2 atom stereocenters. The maximum absolute atomic E-state index is 10.8. The summed E-state index contributed by atoms with van der Waals surface area (Å²) in [7, 11) is 1.45. The topological polar surface area (TPSA) is 38.3 Å². The van der Waals surface area contributed by atoms with Crippen molar-refractivity contribution in [3.05, 3.63) is 0 Å². The molecule has 1 saturated carbocycles. The smallest absolute Gasteiger partial charge is 0.246 e. The molecule has 0 aliphatic heterocycles. The lowest BCUT2D eigenvalue weighted by atomic mass is 10.3. The van der Waals surface area contributed by atoms with Gasteiger partial charge in [-0.25, -0.2) is 5.48 Å². The van der Waals surface area contributed by atoms with Crippen LogP contribution in [-0.2, 0) is 9.63 Å². The molecule has 1 aliphatic rings. The summed E-state index contributed by atoms with van der Waals surface area (Å²) in [5, 5.41) is 0. The highest BCUT2D eigenvalue weighted by Gasteiger charge is 2.39. The lowest BCUT2D eigenvalue weighted by Crippen LogP contribution is -2.23. The van der Waals surface area contributed by atoms with E-state index in [1.165, 1.54) is 7.11 Å². The van der Waals surface area contributed by atoms with Crippen molar-refractivity contribution in [1.82, 2.24) is 5.48 Å².